The number of nitrogens with one attached hydrogen (secondary N) is 1. The van der Waals surface area contributed by atoms with Crippen LogP contribution in [0.2, 0.25) is 0 Å². The van der Waals surface area contributed by atoms with Gasteiger partial charge < -0.3 is 9.88 Å². The molecule has 0 radical (unpaired) electrons. The molecule has 0 unspecified atom stereocenters. The second kappa shape index (κ2) is 7.84. The Hall–Kier alpha value is -2.53. The molecule has 1 amide bonds. The van der Waals surface area contributed by atoms with Crippen LogP contribution in [0.1, 0.15) is 11.1 Å². The highest BCUT2D eigenvalue weighted by molar-refractivity contribution is 7.98. The number of rotatable bonds is 6. The minimum Gasteiger partial charge on any atom is -0.319 e. The lowest BCUT2D eigenvalue weighted by molar-refractivity contribution is -0.115. The van der Waals surface area contributed by atoms with Gasteiger partial charge in [-0.2, -0.15) is 0 Å². The molecule has 3 aromatic rings. The molecule has 5 heteroatoms. The fourth-order valence-corrected chi connectivity index (χ4v) is 3.03. The normalized spacial score (nSPS) is 10.5. The Morgan fingerprint density at radius 3 is 2.29 bits per heavy atom. The first-order chi connectivity index (χ1) is 11.7. The zero-order chi connectivity index (χ0) is 16.8. The van der Waals surface area contributed by atoms with E-state index in [1.807, 2.05) is 61.0 Å². The molecule has 0 saturated carbocycles. The molecule has 0 fully saturated rings. The Morgan fingerprint density at radius 1 is 1.04 bits per heavy atom. The number of anilines is 1. The third-order valence-electron chi connectivity index (χ3n) is 3.59. The average molecular weight is 337 g/mol. The molecule has 0 spiro atoms. The predicted molar refractivity (Wildman–Crippen MR) is 98.3 cm³/mol. The highest BCUT2D eigenvalue weighted by atomic mass is 32.2. The number of aromatic nitrogens is 2. The van der Waals surface area contributed by atoms with Gasteiger partial charge in [0.25, 0.3) is 0 Å². The van der Waals surface area contributed by atoms with Gasteiger partial charge in [0.1, 0.15) is 0 Å². The summed E-state index contributed by atoms with van der Waals surface area (Å²) in [5.41, 5.74) is 2.19. The Bertz CT molecular complexity index is 800. The van der Waals surface area contributed by atoms with Crippen LogP contribution in [0.4, 0.5) is 5.82 Å². The van der Waals surface area contributed by atoms with Crippen LogP contribution in [0.5, 0.6) is 0 Å². The van der Waals surface area contributed by atoms with Crippen molar-refractivity contribution in [2.75, 3.05) is 11.6 Å². The highest BCUT2D eigenvalue weighted by Crippen LogP contribution is 2.19. The van der Waals surface area contributed by atoms with Crippen LogP contribution in [-0.2, 0) is 17.8 Å². The maximum absolute atomic E-state index is 12.2. The van der Waals surface area contributed by atoms with E-state index in [-0.39, 0.29) is 5.91 Å². The van der Waals surface area contributed by atoms with Crippen molar-refractivity contribution < 1.29 is 4.79 Å². The fourth-order valence-electron chi connectivity index (χ4n) is 2.48. The van der Waals surface area contributed by atoms with Gasteiger partial charge >= 0.3 is 0 Å². The SMILES string of the molecule is CSc1nc(NC(=O)Cc2ccccc2)cn1Cc1ccccc1. The Labute approximate surface area is 145 Å². The van der Waals surface area contributed by atoms with E-state index in [9.17, 15) is 4.79 Å². The first-order valence-corrected chi connectivity index (χ1v) is 8.96. The molecule has 122 valence electrons. The van der Waals surface area contributed by atoms with Crippen molar-refractivity contribution in [1.29, 1.82) is 0 Å². The molecule has 3 rings (SSSR count). The molecule has 1 N–H and O–H groups in total. The van der Waals surface area contributed by atoms with Crippen LogP contribution in [0.3, 0.4) is 0 Å². The van der Waals surface area contributed by atoms with Crippen LogP contribution in [-0.4, -0.2) is 21.7 Å². The first-order valence-electron chi connectivity index (χ1n) is 7.73. The lowest BCUT2D eigenvalue weighted by Gasteiger charge is -2.05. The van der Waals surface area contributed by atoms with Crippen LogP contribution in [0.15, 0.2) is 72.0 Å². The van der Waals surface area contributed by atoms with Crippen molar-refractivity contribution >= 4 is 23.5 Å². The molecule has 0 bridgehead atoms. The van der Waals surface area contributed by atoms with E-state index in [2.05, 4.69) is 27.0 Å². The number of carbonyl (C=O) groups is 1. The maximum atomic E-state index is 12.2. The van der Waals surface area contributed by atoms with Crippen molar-refractivity contribution in [3.05, 3.63) is 78.0 Å². The molecule has 0 saturated heterocycles. The van der Waals surface area contributed by atoms with Crippen molar-refractivity contribution in [3.63, 3.8) is 0 Å². The van der Waals surface area contributed by atoms with Gasteiger partial charge in [-0.25, -0.2) is 4.98 Å². The molecule has 1 aromatic heterocycles. The predicted octanol–water partition coefficient (Wildman–Crippen LogP) is 3.83. The number of thioether (sulfide) groups is 1. The van der Waals surface area contributed by atoms with E-state index in [4.69, 9.17) is 0 Å². The van der Waals surface area contributed by atoms with Gasteiger partial charge in [-0.1, -0.05) is 72.4 Å². The van der Waals surface area contributed by atoms with Gasteiger partial charge in [-0.15, -0.1) is 0 Å². The van der Waals surface area contributed by atoms with Crippen LogP contribution < -0.4 is 5.32 Å². The Morgan fingerprint density at radius 2 is 1.67 bits per heavy atom. The quantitative estimate of drug-likeness (QED) is 0.695. The standard InChI is InChI=1S/C19H19N3OS/c1-24-19-21-17(14-22(19)13-16-10-6-3-7-11-16)20-18(23)12-15-8-4-2-5-9-15/h2-11,14H,12-13H2,1H3,(H,20,23). The van der Waals surface area contributed by atoms with Gasteiger partial charge in [-0.05, 0) is 17.4 Å². The van der Waals surface area contributed by atoms with Gasteiger partial charge in [-0.3, -0.25) is 4.79 Å². The second-order valence-corrected chi connectivity index (χ2v) is 6.21. The first kappa shape index (κ1) is 16.3. The molecule has 0 atom stereocenters. The summed E-state index contributed by atoms with van der Waals surface area (Å²) < 4.78 is 2.05. The summed E-state index contributed by atoms with van der Waals surface area (Å²) in [5, 5.41) is 3.77. The summed E-state index contributed by atoms with van der Waals surface area (Å²) in [6.07, 6.45) is 4.22. The largest absolute Gasteiger partial charge is 0.319 e. The van der Waals surface area contributed by atoms with Crippen molar-refractivity contribution in [1.82, 2.24) is 9.55 Å². The minimum atomic E-state index is -0.0572. The summed E-state index contributed by atoms with van der Waals surface area (Å²) in [5.74, 6) is 0.537. The topological polar surface area (TPSA) is 46.9 Å². The molecule has 4 nitrogen and oxygen atoms in total. The lowest BCUT2D eigenvalue weighted by atomic mass is 10.1. The molecule has 0 aliphatic carbocycles. The number of imidazole rings is 1. The molecular formula is C19H19N3OS. The zero-order valence-electron chi connectivity index (χ0n) is 13.5. The third kappa shape index (κ3) is 4.26. The van der Waals surface area contributed by atoms with Crippen molar-refractivity contribution in [2.24, 2.45) is 0 Å². The van der Waals surface area contributed by atoms with Gasteiger partial charge in [0.15, 0.2) is 11.0 Å². The smallest absolute Gasteiger partial charge is 0.229 e. The number of nitrogens with zero attached hydrogens (tertiary/aromatic N) is 2. The van der Waals surface area contributed by atoms with E-state index in [0.717, 1.165) is 17.3 Å². The Kier molecular flexibility index (Phi) is 5.33. The van der Waals surface area contributed by atoms with E-state index >= 15 is 0 Å². The van der Waals surface area contributed by atoms with Crippen LogP contribution >= 0.6 is 11.8 Å². The van der Waals surface area contributed by atoms with Crippen molar-refractivity contribution in [2.45, 2.75) is 18.1 Å². The van der Waals surface area contributed by atoms with E-state index < -0.39 is 0 Å². The summed E-state index contributed by atoms with van der Waals surface area (Å²) in [7, 11) is 0. The number of hydrogen-bond acceptors (Lipinski definition) is 3. The number of hydrogen-bond donors (Lipinski definition) is 1. The molecule has 2 aromatic carbocycles. The molecular weight excluding hydrogens is 318 g/mol. The number of carbonyl (C=O) groups excluding carboxylic acids is 1. The number of benzene rings is 2. The maximum Gasteiger partial charge on any atom is 0.229 e. The van der Waals surface area contributed by atoms with Gasteiger partial charge in [0.05, 0.1) is 6.42 Å². The molecule has 0 aliphatic heterocycles. The van der Waals surface area contributed by atoms with Gasteiger partial charge in [0.2, 0.25) is 5.91 Å². The van der Waals surface area contributed by atoms with E-state index in [0.29, 0.717) is 12.2 Å². The second-order valence-electron chi connectivity index (χ2n) is 5.44. The average Bonchev–Trinajstić information content (AvgIpc) is 2.98. The number of amides is 1. The summed E-state index contributed by atoms with van der Waals surface area (Å²) in [4.78, 5) is 16.7. The highest BCUT2D eigenvalue weighted by Gasteiger charge is 2.11. The Balaban J connectivity index is 1.69. The van der Waals surface area contributed by atoms with Gasteiger partial charge in [0, 0.05) is 12.7 Å². The lowest BCUT2D eigenvalue weighted by Crippen LogP contribution is -2.14. The third-order valence-corrected chi connectivity index (χ3v) is 4.28. The molecule has 24 heavy (non-hydrogen) atoms. The summed E-state index contributed by atoms with van der Waals surface area (Å²) in [6.45, 7) is 0.735. The molecule has 1 heterocycles. The van der Waals surface area contributed by atoms with E-state index in [1.165, 1.54) is 5.56 Å². The monoisotopic (exact) mass is 337 g/mol. The fraction of sp³-hybridized carbons (Fsp3) is 0.158. The van der Waals surface area contributed by atoms with Crippen LogP contribution in [0.25, 0.3) is 0 Å². The zero-order valence-corrected chi connectivity index (χ0v) is 14.3. The molecule has 0 aliphatic rings. The van der Waals surface area contributed by atoms with Crippen molar-refractivity contribution in [3.8, 4) is 0 Å². The summed E-state index contributed by atoms with van der Waals surface area (Å²) >= 11 is 1.57. The van der Waals surface area contributed by atoms with E-state index in [1.54, 1.807) is 11.8 Å². The summed E-state index contributed by atoms with van der Waals surface area (Å²) in [6, 6.07) is 19.9. The minimum absolute atomic E-state index is 0.0572. The van der Waals surface area contributed by atoms with Crippen LogP contribution in [0, 0.1) is 0 Å².